The van der Waals surface area contributed by atoms with Crippen LogP contribution in [0.4, 0.5) is 4.79 Å². The van der Waals surface area contributed by atoms with Gasteiger partial charge in [0.15, 0.2) is 5.82 Å². The average Bonchev–Trinajstić information content (AvgIpc) is 3.06. The number of hydrogen-bond donors (Lipinski definition) is 1. The van der Waals surface area contributed by atoms with Gasteiger partial charge in [0.05, 0.1) is 17.9 Å². The van der Waals surface area contributed by atoms with E-state index in [-0.39, 0.29) is 12.0 Å². The highest BCUT2D eigenvalue weighted by atomic mass is 16.6. The minimum absolute atomic E-state index is 0.112. The highest BCUT2D eigenvalue weighted by molar-refractivity contribution is 5.70. The van der Waals surface area contributed by atoms with Gasteiger partial charge in [-0.3, -0.25) is 0 Å². The Morgan fingerprint density at radius 2 is 1.85 bits per heavy atom. The van der Waals surface area contributed by atoms with Crippen molar-refractivity contribution in [3.63, 3.8) is 0 Å². The molecule has 1 amide bonds. The van der Waals surface area contributed by atoms with Crippen LogP contribution in [0.15, 0.2) is 60.8 Å². The normalized spacial score (nSPS) is 11.2. The SMILES string of the molecule is CC(C)(C)c1cc(CNC(=O)Oc2ccccc2)n(-c2ccccn2)n1. The van der Waals surface area contributed by atoms with Crippen molar-refractivity contribution < 1.29 is 9.53 Å². The van der Waals surface area contributed by atoms with E-state index in [2.05, 4.69) is 36.2 Å². The average molecular weight is 350 g/mol. The number of para-hydroxylation sites is 1. The van der Waals surface area contributed by atoms with Gasteiger partial charge in [-0.05, 0) is 30.3 Å². The largest absolute Gasteiger partial charge is 0.412 e. The smallest absolute Gasteiger partial charge is 0.410 e. The second kappa shape index (κ2) is 7.39. The van der Waals surface area contributed by atoms with Gasteiger partial charge in [-0.2, -0.15) is 5.10 Å². The van der Waals surface area contributed by atoms with Gasteiger partial charge >= 0.3 is 6.09 Å². The number of rotatable bonds is 4. The van der Waals surface area contributed by atoms with Crippen molar-refractivity contribution in [1.29, 1.82) is 0 Å². The van der Waals surface area contributed by atoms with Crippen LogP contribution in [0.5, 0.6) is 5.75 Å². The van der Waals surface area contributed by atoms with E-state index in [1.807, 2.05) is 42.5 Å². The zero-order valence-corrected chi connectivity index (χ0v) is 15.1. The van der Waals surface area contributed by atoms with Gasteiger partial charge in [-0.25, -0.2) is 14.5 Å². The Labute approximate surface area is 152 Å². The fourth-order valence-electron chi connectivity index (χ4n) is 2.38. The molecule has 0 bridgehead atoms. The Hall–Kier alpha value is -3.15. The Balaban J connectivity index is 1.78. The van der Waals surface area contributed by atoms with Crippen molar-refractivity contribution in [2.45, 2.75) is 32.7 Å². The van der Waals surface area contributed by atoms with Gasteiger partial charge in [0, 0.05) is 11.6 Å². The molecule has 0 aliphatic carbocycles. The second-order valence-corrected chi connectivity index (χ2v) is 6.93. The molecule has 0 aliphatic heterocycles. The molecule has 26 heavy (non-hydrogen) atoms. The third-order valence-corrected chi connectivity index (χ3v) is 3.79. The van der Waals surface area contributed by atoms with E-state index >= 15 is 0 Å². The summed E-state index contributed by atoms with van der Waals surface area (Å²) in [7, 11) is 0. The summed E-state index contributed by atoms with van der Waals surface area (Å²) in [5.74, 6) is 1.20. The van der Waals surface area contributed by atoms with Crippen molar-refractivity contribution in [1.82, 2.24) is 20.1 Å². The van der Waals surface area contributed by atoms with Crippen LogP contribution in [0.2, 0.25) is 0 Å². The quantitative estimate of drug-likeness (QED) is 0.776. The lowest BCUT2D eigenvalue weighted by atomic mass is 9.92. The van der Waals surface area contributed by atoms with Crippen LogP contribution in [0.25, 0.3) is 5.82 Å². The van der Waals surface area contributed by atoms with E-state index in [9.17, 15) is 4.79 Å². The van der Waals surface area contributed by atoms with Crippen LogP contribution < -0.4 is 10.1 Å². The molecule has 0 saturated heterocycles. The van der Waals surface area contributed by atoms with E-state index in [4.69, 9.17) is 4.74 Å². The number of nitrogens with zero attached hydrogens (tertiary/aromatic N) is 3. The summed E-state index contributed by atoms with van der Waals surface area (Å²) < 4.78 is 7.01. The van der Waals surface area contributed by atoms with Crippen LogP contribution in [-0.2, 0) is 12.0 Å². The number of nitrogens with one attached hydrogen (secondary N) is 1. The molecule has 0 aliphatic rings. The fourth-order valence-corrected chi connectivity index (χ4v) is 2.38. The standard InChI is InChI=1S/C20H22N4O2/c1-20(2,3)17-13-15(24(23-17)18-11-7-8-12-21-18)14-22-19(25)26-16-9-5-4-6-10-16/h4-13H,14H2,1-3H3,(H,22,25). The summed E-state index contributed by atoms with van der Waals surface area (Å²) in [6.07, 6.45) is 1.21. The predicted octanol–water partition coefficient (Wildman–Crippen LogP) is 3.85. The van der Waals surface area contributed by atoms with Gasteiger partial charge in [0.2, 0.25) is 0 Å². The van der Waals surface area contributed by atoms with Gasteiger partial charge in [-0.1, -0.05) is 45.0 Å². The number of pyridine rings is 1. The number of aromatic nitrogens is 3. The molecule has 2 heterocycles. The van der Waals surface area contributed by atoms with Crippen molar-refractivity contribution in [2.24, 2.45) is 0 Å². The lowest BCUT2D eigenvalue weighted by Gasteiger charge is -2.14. The molecule has 0 atom stereocenters. The lowest BCUT2D eigenvalue weighted by molar-refractivity contribution is 0.199. The molecule has 134 valence electrons. The molecular formula is C20H22N4O2. The highest BCUT2D eigenvalue weighted by Gasteiger charge is 2.21. The molecule has 1 N–H and O–H groups in total. The Morgan fingerprint density at radius 1 is 1.12 bits per heavy atom. The third kappa shape index (κ3) is 4.27. The van der Waals surface area contributed by atoms with Crippen LogP contribution >= 0.6 is 0 Å². The van der Waals surface area contributed by atoms with E-state index in [0.29, 0.717) is 11.6 Å². The molecule has 3 aromatic rings. The van der Waals surface area contributed by atoms with Gasteiger partial charge < -0.3 is 10.1 Å². The number of benzene rings is 1. The maximum Gasteiger partial charge on any atom is 0.412 e. The van der Waals surface area contributed by atoms with E-state index in [0.717, 1.165) is 11.4 Å². The summed E-state index contributed by atoms with van der Waals surface area (Å²) in [5, 5.41) is 7.45. The van der Waals surface area contributed by atoms with E-state index in [1.54, 1.807) is 23.0 Å². The number of carbonyl (C=O) groups is 1. The molecule has 0 unspecified atom stereocenters. The first-order chi connectivity index (χ1) is 12.4. The molecule has 0 fully saturated rings. The molecule has 1 aromatic carbocycles. The molecular weight excluding hydrogens is 328 g/mol. The monoisotopic (exact) mass is 350 g/mol. The fraction of sp³-hybridized carbons (Fsp3) is 0.250. The maximum atomic E-state index is 12.1. The number of ether oxygens (including phenoxy) is 1. The summed E-state index contributed by atoms with van der Waals surface area (Å²) in [6, 6.07) is 16.6. The molecule has 6 nitrogen and oxygen atoms in total. The van der Waals surface area contributed by atoms with Crippen LogP contribution in [-0.4, -0.2) is 20.9 Å². The first kappa shape index (κ1) is 17.7. The Morgan fingerprint density at radius 3 is 2.50 bits per heavy atom. The third-order valence-electron chi connectivity index (χ3n) is 3.79. The van der Waals surface area contributed by atoms with Crippen molar-refractivity contribution in [3.05, 3.63) is 72.2 Å². The van der Waals surface area contributed by atoms with Crippen LogP contribution in [0.3, 0.4) is 0 Å². The van der Waals surface area contributed by atoms with E-state index < -0.39 is 6.09 Å². The molecule has 3 rings (SSSR count). The first-order valence-electron chi connectivity index (χ1n) is 8.45. The minimum Gasteiger partial charge on any atom is -0.410 e. The molecule has 6 heteroatoms. The zero-order chi connectivity index (χ0) is 18.6. The first-order valence-corrected chi connectivity index (χ1v) is 8.45. The maximum absolute atomic E-state index is 12.1. The number of carbonyl (C=O) groups excluding carboxylic acids is 1. The zero-order valence-electron chi connectivity index (χ0n) is 15.1. The van der Waals surface area contributed by atoms with Crippen LogP contribution in [0.1, 0.15) is 32.2 Å². The van der Waals surface area contributed by atoms with Gasteiger partial charge in [0.25, 0.3) is 0 Å². The predicted molar refractivity (Wildman–Crippen MR) is 99.4 cm³/mol. The molecule has 0 radical (unpaired) electrons. The Kier molecular flexibility index (Phi) is 5.02. The molecule has 0 spiro atoms. The molecule has 0 saturated carbocycles. The number of hydrogen-bond acceptors (Lipinski definition) is 4. The van der Waals surface area contributed by atoms with Crippen molar-refractivity contribution in [2.75, 3.05) is 0 Å². The summed E-state index contributed by atoms with van der Waals surface area (Å²) in [6.45, 7) is 6.57. The minimum atomic E-state index is -0.512. The van der Waals surface area contributed by atoms with Crippen LogP contribution in [0, 0.1) is 0 Å². The summed E-state index contributed by atoms with van der Waals surface area (Å²) in [5.41, 5.74) is 1.65. The second-order valence-electron chi connectivity index (χ2n) is 6.93. The molecule has 2 aromatic heterocycles. The highest BCUT2D eigenvalue weighted by Crippen LogP contribution is 2.23. The Bertz CT molecular complexity index is 868. The summed E-state index contributed by atoms with van der Waals surface area (Å²) >= 11 is 0. The number of amides is 1. The van der Waals surface area contributed by atoms with Gasteiger partial charge in [-0.15, -0.1) is 0 Å². The van der Waals surface area contributed by atoms with E-state index in [1.165, 1.54) is 0 Å². The van der Waals surface area contributed by atoms with Gasteiger partial charge in [0.1, 0.15) is 5.75 Å². The summed E-state index contributed by atoms with van der Waals surface area (Å²) in [4.78, 5) is 16.4. The topological polar surface area (TPSA) is 69.0 Å². The van der Waals surface area contributed by atoms with Crippen molar-refractivity contribution in [3.8, 4) is 11.6 Å². The van der Waals surface area contributed by atoms with Crippen molar-refractivity contribution >= 4 is 6.09 Å². The lowest BCUT2D eigenvalue weighted by Crippen LogP contribution is -2.27.